The first-order valence-electron chi connectivity index (χ1n) is 8.68. The fourth-order valence-electron chi connectivity index (χ4n) is 2.88. The Hall–Kier alpha value is -2.38. The summed E-state index contributed by atoms with van der Waals surface area (Å²) in [5.74, 6) is 1.69. The molecule has 1 aliphatic heterocycles. The molecular formula is C19H21N5OS. The number of rotatable bonds is 5. The lowest BCUT2D eigenvalue weighted by Gasteiger charge is -2.28. The van der Waals surface area contributed by atoms with Crippen LogP contribution in [0.2, 0.25) is 0 Å². The Balaban J connectivity index is 1.66. The van der Waals surface area contributed by atoms with E-state index in [0.717, 1.165) is 48.8 Å². The molecule has 0 atom stereocenters. The second kappa shape index (κ2) is 7.88. The molecule has 3 heterocycles. The van der Waals surface area contributed by atoms with Crippen molar-refractivity contribution in [3.8, 4) is 5.69 Å². The molecule has 0 radical (unpaired) electrons. The van der Waals surface area contributed by atoms with Crippen LogP contribution in [0, 0.1) is 6.92 Å². The number of morpholine rings is 1. The van der Waals surface area contributed by atoms with Crippen molar-refractivity contribution in [2.45, 2.75) is 17.8 Å². The highest BCUT2D eigenvalue weighted by Crippen LogP contribution is 2.29. The van der Waals surface area contributed by atoms with Crippen molar-refractivity contribution in [1.29, 1.82) is 0 Å². The van der Waals surface area contributed by atoms with Gasteiger partial charge in [0, 0.05) is 31.2 Å². The molecule has 1 fully saturated rings. The monoisotopic (exact) mass is 367 g/mol. The van der Waals surface area contributed by atoms with Crippen LogP contribution in [0.3, 0.4) is 0 Å². The van der Waals surface area contributed by atoms with Crippen LogP contribution in [0.4, 0.5) is 5.95 Å². The van der Waals surface area contributed by atoms with Crippen LogP contribution in [0.5, 0.6) is 0 Å². The lowest BCUT2D eigenvalue weighted by atomic mass is 10.2. The summed E-state index contributed by atoms with van der Waals surface area (Å²) in [5, 5.41) is 9.86. The number of pyridine rings is 1. The van der Waals surface area contributed by atoms with Crippen LogP contribution in [-0.2, 0) is 10.5 Å². The number of benzene rings is 1. The van der Waals surface area contributed by atoms with Gasteiger partial charge in [-0.2, -0.15) is 0 Å². The minimum absolute atomic E-state index is 0.721. The predicted octanol–water partition coefficient (Wildman–Crippen LogP) is 3.10. The van der Waals surface area contributed by atoms with Crippen LogP contribution in [-0.4, -0.2) is 46.1 Å². The summed E-state index contributed by atoms with van der Waals surface area (Å²) in [6.45, 7) is 5.20. The molecule has 134 valence electrons. The summed E-state index contributed by atoms with van der Waals surface area (Å²) in [7, 11) is 0. The second-order valence-corrected chi connectivity index (χ2v) is 7.15. The maximum atomic E-state index is 5.48. The van der Waals surface area contributed by atoms with Crippen LogP contribution in [0.15, 0.2) is 53.9 Å². The SMILES string of the molecule is Cc1ccc(-n2c(SCc3cccnc3)nnc2N2CCOCC2)cc1. The highest BCUT2D eigenvalue weighted by atomic mass is 32.2. The van der Waals surface area contributed by atoms with E-state index in [1.165, 1.54) is 11.1 Å². The number of nitrogens with zero attached hydrogens (tertiary/aromatic N) is 5. The maximum Gasteiger partial charge on any atom is 0.232 e. The topological polar surface area (TPSA) is 56.1 Å². The van der Waals surface area contributed by atoms with E-state index in [4.69, 9.17) is 4.74 Å². The normalized spacial score (nSPS) is 14.6. The Kier molecular flexibility index (Phi) is 5.17. The number of ether oxygens (including phenoxy) is 1. The molecule has 1 aromatic carbocycles. The third-order valence-electron chi connectivity index (χ3n) is 4.29. The third-order valence-corrected chi connectivity index (χ3v) is 5.29. The van der Waals surface area contributed by atoms with Crippen molar-refractivity contribution in [3.63, 3.8) is 0 Å². The van der Waals surface area contributed by atoms with E-state index in [1.54, 1.807) is 18.0 Å². The quantitative estimate of drug-likeness (QED) is 0.646. The summed E-state index contributed by atoms with van der Waals surface area (Å²) in [6, 6.07) is 12.5. The fourth-order valence-corrected chi connectivity index (χ4v) is 3.76. The predicted molar refractivity (Wildman–Crippen MR) is 103 cm³/mol. The average molecular weight is 367 g/mol. The summed E-state index contributed by atoms with van der Waals surface area (Å²) < 4.78 is 7.63. The van der Waals surface area contributed by atoms with Gasteiger partial charge in [0.15, 0.2) is 5.16 Å². The van der Waals surface area contributed by atoms with Gasteiger partial charge in [0.1, 0.15) is 0 Å². The summed E-state index contributed by atoms with van der Waals surface area (Å²) in [4.78, 5) is 6.43. The molecule has 7 heteroatoms. The smallest absolute Gasteiger partial charge is 0.232 e. The van der Waals surface area contributed by atoms with Crippen molar-refractivity contribution in [1.82, 2.24) is 19.7 Å². The van der Waals surface area contributed by atoms with Gasteiger partial charge in [-0.3, -0.25) is 9.55 Å². The number of hydrogen-bond acceptors (Lipinski definition) is 6. The van der Waals surface area contributed by atoms with Gasteiger partial charge in [0.2, 0.25) is 5.95 Å². The molecule has 0 saturated carbocycles. The van der Waals surface area contributed by atoms with Crippen molar-refractivity contribution in [3.05, 3.63) is 59.9 Å². The lowest BCUT2D eigenvalue weighted by molar-refractivity contribution is 0.122. The van der Waals surface area contributed by atoms with Crippen molar-refractivity contribution >= 4 is 17.7 Å². The largest absolute Gasteiger partial charge is 0.378 e. The number of thioether (sulfide) groups is 1. The number of anilines is 1. The fraction of sp³-hybridized carbons (Fsp3) is 0.316. The minimum atomic E-state index is 0.721. The molecular weight excluding hydrogens is 346 g/mol. The van der Waals surface area contributed by atoms with E-state index in [-0.39, 0.29) is 0 Å². The van der Waals surface area contributed by atoms with Gasteiger partial charge in [0.25, 0.3) is 0 Å². The van der Waals surface area contributed by atoms with Crippen molar-refractivity contribution in [2.75, 3.05) is 31.2 Å². The van der Waals surface area contributed by atoms with Crippen LogP contribution >= 0.6 is 11.8 Å². The highest BCUT2D eigenvalue weighted by Gasteiger charge is 2.21. The zero-order valence-electron chi connectivity index (χ0n) is 14.7. The molecule has 26 heavy (non-hydrogen) atoms. The molecule has 0 aliphatic carbocycles. The van der Waals surface area contributed by atoms with E-state index in [1.807, 2.05) is 12.3 Å². The van der Waals surface area contributed by atoms with E-state index in [0.29, 0.717) is 0 Å². The van der Waals surface area contributed by atoms with Crippen LogP contribution in [0.1, 0.15) is 11.1 Å². The molecule has 1 saturated heterocycles. The number of aromatic nitrogens is 4. The molecule has 1 aliphatic rings. The summed E-state index contributed by atoms with van der Waals surface area (Å²) in [5.41, 5.74) is 3.49. The Morgan fingerprint density at radius 1 is 1.08 bits per heavy atom. The second-order valence-electron chi connectivity index (χ2n) is 6.20. The standard InChI is InChI=1S/C19H21N5OS/c1-15-4-6-17(7-5-15)24-18(23-9-11-25-12-10-23)21-22-19(24)26-14-16-3-2-8-20-13-16/h2-8,13H,9-12,14H2,1H3. The molecule has 6 nitrogen and oxygen atoms in total. The minimum Gasteiger partial charge on any atom is -0.378 e. The summed E-state index contributed by atoms with van der Waals surface area (Å²) in [6.07, 6.45) is 3.68. The van der Waals surface area contributed by atoms with E-state index < -0.39 is 0 Å². The van der Waals surface area contributed by atoms with Gasteiger partial charge >= 0.3 is 0 Å². The Bertz CT molecular complexity index is 844. The number of aryl methyl sites for hydroxylation is 1. The van der Waals surface area contributed by atoms with E-state index in [9.17, 15) is 0 Å². The van der Waals surface area contributed by atoms with Crippen molar-refractivity contribution < 1.29 is 4.74 Å². The first-order chi connectivity index (χ1) is 12.8. The average Bonchev–Trinajstić information content (AvgIpc) is 3.12. The maximum absolute atomic E-state index is 5.48. The molecule has 3 aromatic rings. The molecule has 0 spiro atoms. The molecule has 0 amide bonds. The molecule has 0 bridgehead atoms. The first-order valence-corrected chi connectivity index (χ1v) is 9.67. The molecule has 4 rings (SSSR count). The van der Waals surface area contributed by atoms with Gasteiger partial charge in [-0.15, -0.1) is 10.2 Å². The molecule has 0 unspecified atom stereocenters. The highest BCUT2D eigenvalue weighted by molar-refractivity contribution is 7.98. The number of hydrogen-bond donors (Lipinski definition) is 0. The Morgan fingerprint density at radius 3 is 2.62 bits per heavy atom. The molecule has 2 aromatic heterocycles. The van der Waals surface area contributed by atoms with E-state index in [2.05, 4.69) is 61.9 Å². The van der Waals surface area contributed by atoms with Gasteiger partial charge in [-0.1, -0.05) is 35.5 Å². The van der Waals surface area contributed by atoms with Gasteiger partial charge in [-0.05, 0) is 30.7 Å². The zero-order valence-corrected chi connectivity index (χ0v) is 15.5. The van der Waals surface area contributed by atoms with Crippen LogP contribution in [0.25, 0.3) is 5.69 Å². The lowest BCUT2D eigenvalue weighted by Crippen LogP contribution is -2.37. The Labute approximate surface area is 157 Å². The van der Waals surface area contributed by atoms with E-state index >= 15 is 0 Å². The van der Waals surface area contributed by atoms with Gasteiger partial charge < -0.3 is 9.64 Å². The zero-order chi connectivity index (χ0) is 17.8. The Morgan fingerprint density at radius 2 is 1.88 bits per heavy atom. The molecule has 0 N–H and O–H groups in total. The van der Waals surface area contributed by atoms with Gasteiger partial charge in [0.05, 0.1) is 18.9 Å². The first kappa shape index (κ1) is 17.1. The van der Waals surface area contributed by atoms with Crippen molar-refractivity contribution in [2.24, 2.45) is 0 Å². The summed E-state index contributed by atoms with van der Waals surface area (Å²) >= 11 is 1.68. The third kappa shape index (κ3) is 3.73. The van der Waals surface area contributed by atoms with Crippen LogP contribution < -0.4 is 4.90 Å². The van der Waals surface area contributed by atoms with Gasteiger partial charge in [-0.25, -0.2) is 0 Å².